The zero-order valence-electron chi connectivity index (χ0n) is 14.2. The van der Waals surface area contributed by atoms with Crippen molar-refractivity contribution in [1.29, 1.82) is 0 Å². The van der Waals surface area contributed by atoms with Crippen molar-refractivity contribution in [2.24, 2.45) is 0 Å². The van der Waals surface area contributed by atoms with Gasteiger partial charge in [0, 0.05) is 31.3 Å². The molecule has 124 valence electrons. The maximum absolute atomic E-state index is 12.7. The second kappa shape index (κ2) is 5.23. The van der Waals surface area contributed by atoms with E-state index in [0.29, 0.717) is 17.6 Å². The van der Waals surface area contributed by atoms with Gasteiger partial charge in [0.25, 0.3) is 0 Å². The van der Waals surface area contributed by atoms with E-state index in [1.165, 1.54) is 12.8 Å². The number of fused-ring (bicyclic) bond motifs is 3. The van der Waals surface area contributed by atoms with Gasteiger partial charge in [0.1, 0.15) is 23.0 Å². The first kappa shape index (κ1) is 15.0. The molecule has 0 spiro atoms. The van der Waals surface area contributed by atoms with E-state index < -0.39 is 0 Å². The summed E-state index contributed by atoms with van der Waals surface area (Å²) >= 11 is 0. The maximum atomic E-state index is 12.7. The molecular weight excluding hydrogens is 290 g/mol. The molecule has 3 aliphatic rings. The summed E-state index contributed by atoms with van der Waals surface area (Å²) in [5, 5.41) is 0. The smallest absolute Gasteiger partial charge is 0.342 e. The van der Waals surface area contributed by atoms with Crippen molar-refractivity contribution >= 4 is 5.97 Å². The average Bonchev–Trinajstić information content (AvgIpc) is 2.88. The Hall–Kier alpha value is -1.55. The van der Waals surface area contributed by atoms with Gasteiger partial charge < -0.3 is 14.4 Å². The molecule has 0 N–H and O–H groups in total. The Morgan fingerprint density at radius 3 is 2.65 bits per heavy atom. The Labute approximate surface area is 137 Å². The van der Waals surface area contributed by atoms with Crippen molar-refractivity contribution < 1.29 is 14.3 Å². The molecule has 0 amide bonds. The summed E-state index contributed by atoms with van der Waals surface area (Å²) in [5.41, 5.74) is 1.44. The number of para-hydroxylation sites is 1. The normalized spacial score (nSPS) is 31.5. The number of ether oxygens (including phenoxy) is 2. The number of rotatable bonds is 2. The van der Waals surface area contributed by atoms with Crippen molar-refractivity contribution in [2.45, 2.75) is 69.7 Å². The van der Waals surface area contributed by atoms with Crippen LogP contribution < -0.4 is 4.74 Å². The van der Waals surface area contributed by atoms with Crippen LogP contribution in [0.15, 0.2) is 18.2 Å². The van der Waals surface area contributed by atoms with Crippen molar-refractivity contribution in [3.63, 3.8) is 0 Å². The topological polar surface area (TPSA) is 38.8 Å². The van der Waals surface area contributed by atoms with Gasteiger partial charge in [-0.2, -0.15) is 0 Å². The zero-order valence-corrected chi connectivity index (χ0v) is 14.2. The summed E-state index contributed by atoms with van der Waals surface area (Å²) in [6.07, 6.45) is 5.25. The van der Waals surface area contributed by atoms with E-state index in [9.17, 15) is 4.79 Å². The molecule has 2 fully saturated rings. The summed E-state index contributed by atoms with van der Waals surface area (Å²) in [6, 6.07) is 6.94. The molecule has 3 heterocycles. The number of carbonyl (C=O) groups is 1. The number of piperidine rings is 1. The summed E-state index contributed by atoms with van der Waals surface area (Å²) < 4.78 is 11.9. The van der Waals surface area contributed by atoms with E-state index in [-0.39, 0.29) is 17.7 Å². The van der Waals surface area contributed by atoms with Crippen molar-refractivity contribution in [3.8, 4) is 5.75 Å². The quantitative estimate of drug-likeness (QED) is 0.786. The highest BCUT2D eigenvalue weighted by Crippen LogP contribution is 2.39. The van der Waals surface area contributed by atoms with Gasteiger partial charge >= 0.3 is 5.97 Å². The number of esters is 1. The molecule has 1 aromatic rings. The minimum Gasteiger partial charge on any atom is -0.486 e. The number of hydrogen-bond donors (Lipinski definition) is 0. The molecule has 4 heteroatoms. The van der Waals surface area contributed by atoms with Crippen LogP contribution in [0.5, 0.6) is 5.75 Å². The van der Waals surface area contributed by atoms with Gasteiger partial charge in [-0.3, -0.25) is 0 Å². The van der Waals surface area contributed by atoms with Gasteiger partial charge in [0.15, 0.2) is 0 Å². The predicted molar refractivity (Wildman–Crippen MR) is 87.9 cm³/mol. The molecule has 2 saturated heterocycles. The molecule has 0 radical (unpaired) electrons. The lowest BCUT2D eigenvalue weighted by Crippen LogP contribution is -2.43. The number of benzene rings is 1. The highest BCUT2D eigenvalue weighted by atomic mass is 16.5. The fraction of sp³-hybridized carbons (Fsp3) is 0.632. The second-order valence-corrected chi connectivity index (χ2v) is 7.88. The zero-order chi connectivity index (χ0) is 16.2. The predicted octanol–water partition coefficient (Wildman–Crippen LogP) is 3.18. The van der Waals surface area contributed by atoms with Crippen molar-refractivity contribution in [2.75, 3.05) is 7.05 Å². The monoisotopic (exact) mass is 315 g/mol. The second-order valence-electron chi connectivity index (χ2n) is 7.88. The van der Waals surface area contributed by atoms with Gasteiger partial charge in [0.2, 0.25) is 0 Å². The average molecular weight is 315 g/mol. The third-order valence-electron chi connectivity index (χ3n) is 5.64. The maximum Gasteiger partial charge on any atom is 0.342 e. The van der Waals surface area contributed by atoms with E-state index in [1.807, 2.05) is 18.2 Å². The minimum absolute atomic E-state index is 0.0430. The van der Waals surface area contributed by atoms with E-state index in [0.717, 1.165) is 30.6 Å². The summed E-state index contributed by atoms with van der Waals surface area (Å²) in [5.74, 6) is 0.493. The van der Waals surface area contributed by atoms with Gasteiger partial charge in [-0.1, -0.05) is 12.1 Å². The molecule has 1 aromatic carbocycles. The van der Waals surface area contributed by atoms with Crippen LogP contribution in [0.1, 0.15) is 55.5 Å². The van der Waals surface area contributed by atoms with Crippen molar-refractivity contribution in [1.82, 2.24) is 4.90 Å². The lowest BCUT2D eigenvalue weighted by molar-refractivity contribution is -0.000924. The van der Waals surface area contributed by atoms with E-state index in [2.05, 4.69) is 25.8 Å². The first-order valence-corrected chi connectivity index (χ1v) is 8.67. The third kappa shape index (κ3) is 2.63. The highest BCUT2D eigenvalue weighted by Gasteiger charge is 2.40. The third-order valence-corrected chi connectivity index (χ3v) is 5.64. The van der Waals surface area contributed by atoms with Crippen LogP contribution >= 0.6 is 0 Å². The van der Waals surface area contributed by atoms with Crippen LogP contribution in [-0.2, 0) is 11.2 Å². The Kier molecular flexibility index (Phi) is 3.41. The van der Waals surface area contributed by atoms with Gasteiger partial charge in [0.05, 0.1) is 0 Å². The molecule has 0 saturated carbocycles. The Bertz CT molecular complexity index is 626. The molecule has 3 atom stereocenters. The molecular formula is C19H25NO3. The number of carbonyl (C=O) groups excluding carboxylic acids is 1. The molecule has 2 bridgehead atoms. The number of hydrogen-bond acceptors (Lipinski definition) is 4. The van der Waals surface area contributed by atoms with Gasteiger partial charge in [-0.15, -0.1) is 0 Å². The number of nitrogens with zero attached hydrogens (tertiary/aromatic N) is 1. The lowest BCUT2D eigenvalue weighted by atomic mass is 9.99. The summed E-state index contributed by atoms with van der Waals surface area (Å²) in [4.78, 5) is 15.1. The fourth-order valence-electron chi connectivity index (χ4n) is 4.45. The van der Waals surface area contributed by atoms with E-state index in [4.69, 9.17) is 9.47 Å². The molecule has 23 heavy (non-hydrogen) atoms. The lowest BCUT2D eigenvalue weighted by Gasteiger charge is -2.35. The standard InChI is InChI=1S/C19H25NO3/c1-19(2)11-12-5-4-6-16(17(12)23-19)18(21)22-15-9-13-7-8-14(10-15)20(13)3/h4-6,13-15H,7-11H2,1-3H3/t13-,14+,15?. The summed E-state index contributed by atoms with van der Waals surface area (Å²) in [7, 11) is 2.19. The first-order chi connectivity index (χ1) is 10.9. The molecule has 0 aliphatic carbocycles. The Balaban J connectivity index is 1.50. The molecule has 1 unspecified atom stereocenters. The Morgan fingerprint density at radius 2 is 1.96 bits per heavy atom. The Morgan fingerprint density at radius 1 is 1.26 bits per heavy atom. The molecule has 0 aromatic heterocycles. The van der Waals surface area contributed by atoms with Crippen LogP contribution in [-0.4, -0.2) is 41.7 Å². The molecule has 3 aliphatic heterocycles. The van der Waals surface area contributed by atoms with E-state index in [1.54, 1.807) is 0 Å². The van der Waals surface area contributed by atoms with Crippen LogP contribution in [0.2, 0.25) is 0 Å². The highest BCUT2D eigenvalue weighted by molar-refractivity contribution is 5.93. The van der Waals surface area contributed by atoms with Crippen LogP contribution in [0.25, 0.3) is 0 Å². The first-order valence-electron chi connectivity index (χ1n) is 8.67. The fourth-order valence-corrected chi connectivity index (χ4v) is 4.45. The SMILES string of the molecule is CN1[C@@H]2CC[C@H]1CC(OC(=O)c1cccc3c1OC(C)(C)C3)C2. The van der Waals surface area contributed by atoms with Gasteiger partial charge in [-0.25, -0.2) is 4.79 Å². The summed E-state index contributed by atoms with van der Waals surface area (Å²) in [6.45, 7) is 4.10. The van der Waals surface area contributed by atoms with E-state index >= 15 is 0 Å². The molecule has 4 nitrogen and oxygen atoms in total. The largest absolute Gasteiger partial charge is 0.486 e. The van der Waals surface area contributed by atoms with Crippen LogP contribution in [0.4, 0.5) is 0 Å². The van der Waals surface area contributed by atoms with Crippen molar-refractivity contribution in [3.05, 3.63) is 29.3 Å². The van der Waals surface area contributed by atoms with Gasteiger partial charge in [-0.05, 0) is 45.4 Å². The molecule has 4 rings (SSSR count). The van der Waals surface area contributed by atoms with Crippen LogP contribution in [0, 0.1) is 0 Å². The van der Waals surface area contributed by atoms with Crippen LogP contribution in [0.3, 0.4) is 0 Å². The minimum atomic E-state index is -0.245.